The van der Waals surface area contributed by atoms with E-state index in [0.29, 0.717) is 6.54 Å². The fourth-order valence-electron chi connectivity index (χ4n) is 2.60. The van der Waals surface area contributed by atoms with Gasteiger partial charge in [0.05, 0.1) is 12.6 Å². The van der Waals surface area contributed by atoms with Crippen LogP contribution in [0.15, 0.2) is 24.5 Å². The number of carbonyl (C=O) groups is 1. The van der Waals surface area contributed by atoms with Crippen LogP contribution < -0.4 is 5.32 Å². The Morgan fingerprint density at radius 1 is 1.50 bits per heavy atom. The van der Waals surface area contributed by atoms with Crippen molar-refractivity contribution in [1.82, 2.24) is 20.1 Å². The van der Waals surface area contributed by atoms with E-state index in [2.05, 4.69) is 29.0 Å². The molecule has 0 radical (unpaired) electrons. The molecule has 20 heavy (non-hydrogen) atoms. The summed E-state index contributed by atoms with van der Waals surface area (Å²) in [7, 11) is 0. The fourth-order valence-corrected chi connectivity index (χ4v) is 2.60. The molecular weight excluding hydrogens is 252 g/mol. The van der Waals surface area contributed by atoms with E-state index < -0.39 is 0 Å². The van der Waals surface area contributed by atoms with Crippen LogP contribution in [-0.4, -0.2) is 60.0 Å². The molecule has 1 aliphatic rings. The maximum absolute atomic E-state index is 12.5. The van der Waals surface area contributed by atoms with Crippen LogP contribution in [-0.2, 0) is 4.79 Å². The number of piperazine rings is 1. The van der Waals surface area contributed by atoms with Crippen LogP contribution in [0.1, 0.15) is 25.5 Å². The quantitative estimate of drug-likeness (QED) is 0.868. The minimum atomic E-state index is 0.0977. The number of carbonyl (C=O) groups excluding carboxylic acids is 1. The van der Waals surface area contributed by atoms with Gasteiger partial charge in [0.1, 0.15) is 0 Å². The lowest BCUT2D eigenvalue weighted by molar-refractivity contribution is -0.135. The van der Waals surface area contributed by atoms with E-state index in [-0.39, 0.29) is 11.9 Å². The maximum atomic E-state index is 12.5. The largest absolute Gasteiger partial charge is 0.332 e. The van der Waals surface area contributed by atoms with Crippen LogP contribution in [0.25, 0.3) is 0 Å². The summed E-state index contributed by atoms with van der Waals surface area (Å²) in [6, 6.07) is 4.07. The van der Waals surface area contributed by atoms with Crippen molar-refractivity contribution in [3.8, 4) is 0 Å². The smallest absolute Gasteiger partial charge is 0.237 e. The summed E-state index contributed by atoms with van der Waals surface area (Å²) in [5.41, 5.74) is 1.10. The van der Waals surface area contributed by atoms with Gasteiger partial charge in [-0.25, -0.2) is 0 Å². The molecule has 1 amide bonds. The van der Waals surface area contributed by atoms with E-state index in [1.54, 1.807) is 6.20 Å². The highest BCUT2D eigenvalue weighted by molar-refractivity contribution is 5.79. The Kier molecular flexibility index (Phi) is 5.49. The molecule has 1 unspecified atom stereocenters. The summed E-state index contributed by atoms with van der Waals surface area (Å²) >= 11 is 0. The van der Waals surface area contributed by atoms with Gasteiger partial charge in [0, 0.05) is 32.0 Å². The second-order valence-electron chi connectivity index (χ2n) is 5.05. The zero-order valence-electron chi connectivity index (χ0n) is 12.4. The molecule has 0 spiro atoms. The Morgan fingerprint density at radius 3 is 2.95 bits per heavy atom. The Labute approximate surface area is 121 Å². The number of aromatic nitrogens is 1. The first-order valence-corrected chi connectivity index (χ1v) is 7.38. The van der Waals surface area contributed by atoms with Gasteiger partial charge in [-0.2, -0.15) is 0 Å². The molecule has 1 atom stereocenters. The number of nitrogens with zero attached hydrogens (tertiary/aromatic N) is 3. The van der Waals surface area contributed by atoms with E-state index >= 15 is 0 Å². The third kappa shape index (κ3) is 3.55. The molecule has 1 aromatic rings. The third-order valence-corrected chi connectivity index (χ3v) is 3.89. The standard InChI is InChI=1S/C15H24N4O/c1-3-18(4-2)12-15(20)19-9-8-17-11-14(19)13-6-5-7-16-10-13/h5-7,10,14,17H,3-4,8-9,11-12H2,1-2H3. The van der Waals surface area contributed by atoms with Gasteiger partial charge in [0.15, 0.2) is 0 Å². The minimum absolute atomic E-state index is 0.0977. The highest BCUT2D eigenvalue weighted by Crippen LogP contribution is 2.21. The molecule has 1 saturated heterocycles. The molecule has 110 valence electrons. The lowest BCUT2D eigenvalue weighted by Gasteiger charge is -2.37. The monoisotopic (exact) mass is 276 g/mol. The summed E-state index contributed by atoms with van der Waals surface area (Å²) < 4.78 is 0. The Balaban J connectivity index is 2.09. The van der Waals surface area contributed by atoms with E-state index in [4.69, 9.17) is 0 Å². The molecule has 5 heteroatoms. The van der Waals surface area contributed by atoms with E-state index in [1.807, 2.05) is 23.2 Å². The zero-order chi connectivity index (χ0) is 14.4. The molecule has 1 aliphatic heterocycles. The average molecular weight is 276 g/mol. The molecule has 2 rings (SSSR count). The first kappa shape index (κ1) is 14.9. The van der Waals surface area contributed by atoms with Gasteiger partial charge < -0.3 is 10.2 Å². The molecule has 1 aromatic heterocycles. The van der Waals surface area contributed by atoms with Crippen molar-refractivity contribution in [2.75, 3.05) is 39.3 Å². The second-order valence-corrected chi connectivity index (χ2v) is 5.05. The molecule has 1 fully saturated rings. The van der Waals surface area contributed by atoms with Crippen molar-refractivity contribution in [1.29, 1.82) is 0 Å². The summed E-state index contributed by atoms with van der Waals surface area (Å²) in [6.07, 6.45) is 3.62. The second kappa shape index (κ2) is 7.36. The van der Waals surface area contributed by atoms with Gasteiger partial charge >= 0.3 is 0 Å². The average Bonchev–Trinajstić information content (AvgIpc) is 2.53. The lowest BCUT2D eigenvalue weighted by Crippen LogP contribution is -2.51. The van der Waals surface area contributed by atoms with Gasteiger partial charge in [-0.1, -0.05) is 19.9 Å². The van der Waals surface area contributed by atoms with E-state index in [0.717, 1.165) is 38.3 Å². The van der Waals surface area contributed by atoms with Crippen molar-refractivity contribution in [3.63, 3.8) is 0 Å². The van der Waals surface area contributed by atoms with Crippen LogP contribution in [0.3, 0.4) is 0 Å². The molecule has 0 aliphatic carbocycles. The van der Waals surface area contributed by atoms with Gasteiger partial charge in [-0.15, -0.1) is 0 Å². The normalized spacial score (nSPS) is 19.4. The Hall–Kier alpha value is -1.46. The molecular formula is C15H24N4O. The van der Waals surface area contributed by atoms with Crippen LogP contribution in [0, 0.1) is 0 Å². The molecule has 0 saturated carbocycles. The number of hydrogen-bond donors (Lipinski definition) is 1. The fraction of sp³-hybridized carbons (Fsp3) is 0.600. The number of rotatable bonds is 5. The minimum Gasteiger partial charge on any atom is -0.332 e. The Bertz CT molecular complexity index is 419. The molecule has 0 aromatic carbocycles. The predicted molar refractivity (Wildman–Crippen MR) is 79.3 cm³/mol. The van der Waals surface area contributed by atoms with Crippen LogP contribution in [0.2, 0.25) is 0 Å². The van der Waals surface area contributed by atoms with Crippen molar-refractivity contribution < 1.29 is 4.79 Å². The first-order valence-electron chi connectivity index (χ1n) is 7.38. The Morgan fingerprint density at radius 2 is 2.30 bits per heavy atom. The predicted octanol–water partition coefficient (Wildman–Crippen LogP) is 0.896. The molecule has 0 bridgehead atoms. The highest BCUT2D eigenvalue weighted by atomic mass is 16.2. The first-order chi connectivity index (χ1) is 9.76. The van der Waals surface area contributed by atoms with Crippen molar-refractivity contribution >= 4 is 5.91 Å². The summed E-state index contributed by atoms with van der Waals surface area (Å²) in [5.74, 6) is 0.212. The van der Waals surface area contributed by atoms with Crippen LogP contribution in [0.4, 0.5) is 0 Å². The molecule has 1 N–H and O–H groups in total. The van der Waals surface area contributed by atoms with Gasteiger partial charge in [0.2, 0.25) is 5.91 Å². The van der Waals surface area contributed by atoms with Crippen LogP contribution >= 0.6 is 0 Å². The van der Waals surface area contributed by atoms with E-state index in [1.165, 1.54) is 0 Å². The molecule has 2 heterocycles. The number of amides is 1. The van der Waals surface area contributed by atoms with Crippen LogP contribution in [0.5, 0.6) is 0 Å². The van der Waals surface area contributed by atoms with Gasteiger partial charge in [-0.3, -0.25) is 14.7 Å². The maximum Gasteiger partial charge on any atom is 0.237 e. The summed E-state index contributed by atoms with van der Waals surface area (Å²) in [4.78, 5) is 20.9. The number of likely N-dealkylation sites (N-methyl/N-ethyl adjacent to an activating group) is 1. The summed E-state index contributed by atoms with van der Waals surface area (Å²) in [6.45, 7) is 8.93. The molecule has 5 nitrogen and oxygen atoms in total. The topological polar surface area (TPSA) is 48.5 Å². The number of nitrogens with one attached hydrogen (secondary N) is 1. The highest BCUT2D eigenvalue weighted by Gasteiger charge is 2.28. The third-order valence-electron chi connectivity index (χ3n) is 3.89. The van der Waals surface area contributed by atoms with Gasteiger partial charge in [-0.05, 0) is 24.7 Å². The number of hydrogen-bond acceptors (Lipinski definition) is 4. The number of pyridine rings is 1. The van der Waals surface area contributed by atoms with Crippen molar-refractivity contribution in [2.45, 2.75) is 19.9 Å². The summed E-state index contributed by atoms with van der Waals surface area (Å²) in [5, 5.41) is 3.36. The van der Waals surface area contributed by atoms with Crippen molar-refractivity contribution in [3.05, 3.63) is 30.1 Å². The van der Waals surface area contributed by atoms with Crippen molar-refractivity contribution in [2.24, 2.45) is 0 Å². The zero-order valence-corrected chi connectivity index (χ0v) is 12.4. The SMILES string of the molecule is CCN(CC)CC(=O)N1CCNCC1c1cccnc1. The van der Waals surface area contributed by atoms with Gasteiger partial charge in [0.25, 0.3) is 0 Å². The van der Waals surface area contributed by atoms with E-state index in [9.17, 15) is 4.79 Å². The lowest BCUT2D eigenvalue weighted by atomic mass is 10.1.